The fourth-order valence-corrected chi connectivity index (χ4v) is 7.15. The Hall–Kier alpha value is -4.32. The molecule has 10 nitrogen and oxygen atoms in total. The van der Waals surface area contributed by atoms with Gasteiger partial charge in [0.05, 0.1) is 16.2 Å². The van der Waals surface area contributed by atoms with E-state index in [0.29, 0.717) is 51.3 Å². The van der Waals surface area contributed by atoms with Gasteiger partial charge in [-0.05, 0) is 111 Å². The van der Waals surface area contributed by atoms with Crippen molar-refractivity contribution in [1.82, 2.24) is 15.1 Å². The van der Waals surface area contributed by atoms with Gasteiger partial charge in [-0.15, -0.1) is 0 Å². The lowest BCUT2D eigenvalue weighted by Gasteiger charge is -2.31. The second kappa shape index (κ2) is 13.8. The minimum absolute atomic E-state index is 0.0951. The predicted molar refractivity (Wildman–Crippen MR) is 185 cm³/mol. The summed E-state index contributed by atoms with van der Waals surface area (Å²) in [5.74, 6) is -0.154. The maximum atomic E-state index is 13.8. The van der Waals surface area contributed by atoms with Crippen molar-refractivity contribution in [3.8, 4) is 11.3 Å². The van der Waals surface area contributed by atoms with Gasteiger partial charge in [-0.2, -0.15) is 0 Å². The van der Waals surface area contributed by atoms with E-state index in [4.69, 9.17) is 4.42 Å². The molecule has 11 heteroatoms. The van der Waals surface area contributed by atoms with Crippen molar-refractivity contribution in [3.05, 3.63) is 82.3 Å². The Morgan fingerprint density at radius 2 is 1.74 bits per heavy atom. The number of likely N-dealkylation sites (tertiary alicyclic amines) is 1. The molecule has 2 saturated heterocycles. The molecule has 3 amide bonds. The number of hydrogen-bond donors (Lipinski definition) is 3. The molecular formula is C36H38BrN5O5. The van der Waals surface area contributed by atoms with Crippen LogP contribution in [0.1, 0.15) is 54.6 Å². The van der Waals surface area contributed by atoms with Crippen molar-refractivity contribution in [2.45, 2.75) is 50.7 Å². The highest BCUT2D eigenvalue weighted by Crippen LogP contribution is 2.40. The molecule has 3 N–H and O–H groups in total. The zero-order chi connectivity index (χ0) is 33.2. The average molecular weight is 701 g/mol. The first kappa shape index (κ1) is 32.6. The lowest BCUT2D eigenvalue weighted by Crippen LogP contribution is -2.47. The lowest BCUT2D eigenvalue weighted by atomic mass is 10.0. The molecule has 3 heterocycles. The normalized spacial score (nSPS) is 18.4. The van der Waals surface area contributed by atoms with Crippen LogP contribution in [0.25, 0.3) is 22.3 Å². The molecule has 2 fully saturated rings. The third-order valence-corrected chi connectivity index (χ3v) is 9.68. The first-order chi connectivity index (χ1) is 22.6. The predicted octanol–water partition coefficient (Wildman–Crippen LogP) is 5.99. The van der Waals surface area contributed by atoms with E-state index < -0.39 is 12.1 Å². The average Bonchev–Trinajstić information content (AvgIpc) is 3.83. The molecule has 3 atom stereocenters. The number of likely N-dealkylation sites (N-methyl/N-ethyl adjacent to an activating group) is 1. The number of carbonyl (C=O) groups excluding carboxylic acids is 4. The van der Waals surface area contributed by atoms with E-state index in [1.165, 1.54) is 6.92 Å². The van der Waals surface area contributed by atoms with E-state index in [1.807, 2.05) is 55.4 Å². The molecule has 0 radical (unpaired) electrons. The summed E-state index contributed by atoms with van der Waals surface area (Å²) < 4.78 is 6.86. The van der Waals surface area contributed by atoms with Gasteiger partial charge in [-0.25, -0.2) is 0 Å². The van der Waals surface area contributed by atoms with Crippen LogP contribution in [0.2, 0.25) is 0 Å². The van der Waals surface area contributed by atoms with Crippen molar-refractivity contribution < 1.29 is 23.6 Å². The molecule has 0 bridgehead atoms. The SMILES string of the molecule is CC(=O)c1cc(-c2oc3ccc(NC(=O)[C@@H]4CCCN4C(=O)[C@@H](c4ccccc4)N(C)C)cc3c2Br)ccc1NC(=O)[C@@H]1CCCN1. The van der Waals surface area contributed by atoms with Gasteiger partial charge in [0.1, 0.15) is 23.4 Å². The molecule has 6 rings (SSSR count). The number of nitrogens with one attached hydrogen (secondary N) is 3. The van der Waals surface area contributed by atoms with E-state index >= 15 is 0 Å². The zero-order valence-corrected chi connectivity index (χ0v) is 28.2. The highest BCUT2D eigenvalue weighted by atomic mass is 79.9. The maximum absolute atomic E-state index is 13.8. The Bertz CT molecular complexity index is 1830. The number of carbonyl (C=O) groups is 4. The highest BCUT2D eigenvalue weighted by molar-refractivity contribution is 9.10. The van der Waals surface area contributed by atoms with Crippen molar-refractivity contribution in [1.29, 1.82) is 0 Å². The molecule has 47 heavy (non-hydrogen) atoms. The van der Waals surface area contributed by atoms with Crippen molar-refractivity contribution >= 4 is 61.8 Å². The summed E-state index contributed by atoms with van der Waals surface area (Å²) >= 11 is 3.67. The van der Waals surface area contributed by atoms with Gasteiger partial charge in [-0.1, -0.05) is 30.3 Å². The first-order valence-corrected chi connectivity index (χ1v) is 16.7. The van der Waals surface area contributed by atoms with Crippen LogP contribution in [-0.2, 0) is 14.4 Å². The number of halogens is 1. The summed E-state index contributed by atoms with van der Waals surface area (Å²) in [6.07, 6.45) is 3.03. The van der Waals surface area contributed by atoms with Gasteiger partial charge < -0.3 is 25.3 Å². The third kappa shape index (κ3) is 6.74. The largest absolute Gasteiger partial charge is 0.455 e. The summed E-state index contributed by atoms with van der Waals surface area (Å²) in [5.41, 5.74) is 3.55. The fourth-order valence-electron chi connectivity index (χ4n) is 6.53. The second-order valence-electron chi connectivity index (χ2n) is 12.4. The van der Waals surface area contributed by atoms with Gasteiger partial charge in [0, 0.05) is 28.7 Å². The number of Topliss-reactive ketones (excluding diaryl/α,β-unsaturated/α-hetero) is 1. The molecule has 2 aliphatic heterocycles. The monoisotopic (exact) mass is 699 g/mol. The Morgan fingerprint density at radius 1 is 0.957 bits per heavy atom. The van der Waals surface area contributed by atoms with E-state index in [1.54, 1.807) is 35.2 Å². The van der Waals surface area contributed by atoms with Gasteiger partial charge in [-0.3, -0.25) is 24.1 Å². The van der Waals surface area contributed by atoms with Crippen molar-refractivity contribution in [2.75, 3.05) is 37.8 Å². The highest BCUT2D eigenvalue weighted by Gasteiger charge is 2.38. The molecule has 1 aromatic heterocycles. The summed E-state index contributed by atoms with van der Waals surface area (Å²) in [5, 5.41) is 9.83. The number of furan rings is 1. The summed E-state index contributed by atoms with van der Waals surface area (Å²) in [4.78, 5) is 56.2. The Morgan fingerprint density at radius 3 is 2.45 bits per heavy atom. The van der Waals surface area contributed by atoms with E-state index in [2.05, 4.69) is 31.9 Å². The number of rotatable bonds is 9. The van der Waals surface area contributed by atoms with Gasteiger partial charge in [0.15, 0.2) is 5.78 Å². The number of ketones is 1. The molecule has 0 spiro atoms. The minimum atomic E-state index is -0.582. The molecule has 0 unspecified atom stereocenters. The molecule has 0 aliphatic carbocycles. The van der Waals surface area contributed by atoms with Crippen LogP contribution in [0.4, 0.5) is 11.4 Å². The van der Waals surface area contributed by atoms with E-state index in [9.17, 15) is 19.2 Å². The molecule has 3 aromatic carbocycles. The zero-order valence-electron chi connectivity index (χ0n) is 26.6. The quantitative estimate of drug-likeness (QED) is 0.184. The number of anilines is 2. The molecular weight excluding hydrogens is 662 g/mol. The fraction of sp³-hybridized carbons (Fsp3) is 0.333. The van der Waals surface area contributed by atoms with Crippen LogP contribution in [0.15, 0.2) is 75.6 Å². The molecule has 0 saturated carbocycles. The number of amides is 3. The van der Waals surface area contributed by atoms with Crippen LogP contribution in [0.5, 0.6) is 0 Å². The van der Waals surface area contributed by atoms with Gasteiger partial charge in [0.2, 0.25) is 17.7 Å². The number of fused-ring (bicyclic) bond motifs is 1. The van der Waals surface area contributed by atoms with Crippen LogP contribution in [-0.4, -0.2) is 72.6 Å². The van der Waals surface area contributed by atoms with Crippen LogP contribution >= 0.6 is 15.9 Å². The third-order valence-electron chi connectivity index (χ3n) is 8.89. The molecule has 244 valence electrons. The Kier molecular flexibility index (Phi) is 9.58. The lowest BCUT2D eigenvalue weighted by molar-refractivity contribution is -0.140. The first-order valence-electron chi connectivity index (χ1n) is 15.9. The van der Waals surface area contributed by atoms with Crippen LogP contribution in [0.3, 0.4) is 0 Å². The Balaban J connectivity index is 1.21. The molecule has 4 aromatic rings. The maximum Gasteiger partial charge on any atom is 0.247 e. The number of benzene rings is 3. The number of hydrogen-bond acceptors (Lipinski definition) is 7. The summed E-state index contributed by atoms with van der Waals surface area (Å²) in [6.45, 7) is 2.78. The van der Waals surface area contributed by atoms with Crippen molar-refractivity contribution in [2.24, 2.45) is 0 Å². The second-order valence-corrected chi connectivity index (χ2v) is 13.2. The van der Waals surface area contributed by atoms with Crippen LogP contribution in [0, 0.1) is 0 Å². The van der Waals surface area contributed by atoms with Crippen molar-refractivity contribution in [3.63, 3.8) is 0 Å². The van der Waals surface area contributed by atoms with E-state index in [0.717, 1.165) is 36.8 Å². The standard InChI is InChI=1S/C36H38BrN5O5/c1-21(43)25-19-23(13-15-27(25)40-34(44)28-11-7-17-38-28)33-31(37)26-20-24(14-16-30(26)47-33)39-35(45)29-12-8-18-42(29)36(46)32(41(2)3)22-9-5-4-6-10-22/h4-6,9-10,13-16,19-20,28-29,32,38H,7-8,11-12,17-18H2,1-3H3,(H,39,45)(H,40,44)/t28-,29-,32+/m0/s1. The smallest absolute Gasteiger partial charge is 0.247 e. The summed E-state index contributed by atoms with van der Waals surface area (Å²) in [7, 11) is 3.74. The number of nitrogens with zero attached hydrogens (tertiary/aromatic N) is 2. The Labute approximate surface area is 282 Å². The van der Waals surface area contributed by atoms with Crippen LogP contribution < -0.4 is 16.0 Å². The topological polar surface area (TPSA) is 124 Å². The van der Waals surface area contributed by atoms with E-state index in [-0.39, 0.29) is 29.5 Å². The summed E-state index contributed by atoms with van der Waals surface area (Å²) in [6, 6.07) is 18.9. The minimum Gasteiger partial charge on any atom is -0.455 e. The molecule has 2 aliphatic rings. The van der Waals surface area contributed by atoms with Gasteiger partial charge in [0.25, 0.3) is 0 Å². The van der Waals surface area contributed by atoms with Gasteiger partial charge >= 0.3 is 0 Å².